The summed E-state index contributed by atoms with van der Waals surface area (Å²) < 4.78 is 0. The fourth-order valence-electron chi connectivity index (χ4n) is 1.01. The van der Waals surface area contributed by atoms with Crippen LogP contribution in [0.4, 0.5) is 5.69 Å². The van der Waals surface area contributed by atoms with Crippen molar-refractivity contribution in [1.82, 2.24) is 0 Å². The number of para-hydroxylation sites is 1. The lowest BCUT2D eigenvalue weighted by molar-refractivity contribution is -0.385. The van der Waals surface area contributed by atoms with E-state index in [-0.39, 0.29) is 18.1 Å². The Balaban J connectivity index is 2.89. The number of nitro groups is 1. The molecule has 0 aromatic heterocycles. The van der Waals surface area contributed by atoms with Crippen molar-refractivity contribution in [1.29, 1.82) is 5.41 Å². The van der Waals surface area contributed by atoms with Gasteiger partial charge >= 0.3 is 0 Å². The van der Waals surface area contributed by atoms with Gasteiger partial charge in [-0.1, -0.05) is 12.1 Å². The first-order chi connectivity index (χ1) is 7.11. The predicted molar refractivity (Wildman–Crippen MR) is 57.5 cm³/mol. The number of nitrogens with two attached hydrogens (primary N) is 1. The second-order valence-electron chi connectivity index (χ2n) is 2.81. The summed E-state index contributed by atoms with van der Waals surface area (Å²) in [7, 11) is 0. The molecule has 0 aliphatic rings. The number of amidine groups is 1. The van der Waals surface area contributed by atoms with Gasteiger partial charge in [-0.3, -0.25) is 20.5 Å². The summed E-state index contributed by atoms with van der Waals surface area (Å²) in [5.74, 6) is -0.0789. The Bertz CT molecular complexity index is 414. The molecule has 0 bridgehead atoms. The SMILES string of the molecule is N=C(N)CN=Cc1ccccc1[N+](=O)[O-]. The van der Waals surface area contributed by atoms with Crippen LogP contribution in [0.25, 0.3) is 0 Å². The molecule has 0 unspecified atom stereocenters. The lowest BCUT2D eigenvalue weighted by Crippen LogP contribution is -2.13. The van der Waals surface area contributed by atoms with Gasteiger partial charge in [-0.25, -0.2) is 0 Å². The van der Waals surface area contributed by atoms with E-state index in [2.05, 4.69) is 4.99 Å². The second kappa shape index (κ2) is 4.85. The number of rotatable bonds is 4. The molecule has 0 atom stereocenters. The summed E-state index contributed by atoms with van der Waals surface area (Å²) in [6, 6.07) is 6.25. The maximum absolute atomic E-state index is 10.6. The van der Waals surface area contributed by atoms with Gasteiger partial charge in [-0.15, -0.1) is 0 Å². The second-order valence-corrected chi connectivity index (χ2v) is 2.81. The molecular formula is C9H10N4O2. The number of nitro benzene ring substituents is 1. The van der Waals surface area contributed by atoms with E-state index in [1.807, 2.05) is 0 Å². The molecule has 1 rings (SSSR count). The van der Waals surface area contributed by atoms with Crippen molar-refractivity contribution in [3.8, 4) is 0 Å². The number of nitrogens with one attached hydrogen (secondary N) is 1. The Morgan fingerprint density at radius 1 is 1.60 bits per heavy atom. The topological polar surface area (TPSA) is 105 Å². The third-order valence-corrected chi connectivity index (χ3v) is 1.63. The van der Waals surface area contributed by atoms with Gasteiger partial charge < -0.3 is 5.73 Å². The maximum Gasteiger partial charge on any atom is 0.278 e. The summed E-state index contributed by atoms with van der Waals surface area (Å²) in [4.78, 5) is 13.9. The van der Waals surface area contributed by atoms with Gasteiger partial charge in [0, 0.05) is 12.3 Å². The number of hydrogen-bond donors (Lipinski definition) is 2. The molecule has 0 saturated heterocycles. The Morgan fingerprint density at radius 2 is 2.27 bits per heavy atom. The monoisotopic (exact) mass is 206 g/mol. The van der Waals surface area contributed by atoms with Crippen LogP contribution >= 0.6 is 0 Å². The minimum Gasteiger partial charge on any atom is -0.386 e. The zero-order valence-electron chi connectivity index (χ0n) is 7.88. The molecule has 6 nitrogen and oxygen atoms in total. The lowest BCUT2D eigenvalue weighted by Gasteiger charge is -1.95. The first-order valence-electron chi connectivity index (χ1n) is 4.17. The van der Waals surface area contributed by atoms with Gasteiger partial charge in [-0.2, -0.15) is 0 Å². The van der Waals surface area contributed by atoms with Crippen LogP contribution in [0.2, 0.25) is 0 Å². The fraction of sp³-hybridized carbons (Fsp3) is 0.111. The molecule has 0 aliphatic carbocycles. The largest absolute Gasteiger partial charge is 0.386 e. The minimum atomic E-state index is -0.477. The molecule has 0 amide bonds. The van der Waals surface area contributed by atoms with Crippen molar-refractivity contribution >= 4 is 17.7 Å². The van der Waals surface area contributed by atoms with Gasteiger partial charge in [0.15, 0.2) is 0 Å². The predicted octanol–water partition coefficient (Wildman–Crippen LogP) is 0.950. The number of benzene rings is 1. The van der Waals surface area contributed by atoms with E-state index in [0.717, 1.165) is 0 Å². The van der Waals surface area contributed by atoms with Crippen LogP contribution in [0, 0.1) is 15.5 Å². The van der Waals surface area contributed by atoms with E-state index in [1.165, 1.54) is 12.3 Å². The number of hydrogen-bond acceptors (Lipinski definition) is 4. The zero-order chi connectivity index (χ0) is 11.3. The Morgan fingerprint density at radius 3 is 2.87 bits per heavy atom. The quantitative estimate of drug-likeness (QED) is 0.331. The zero-order valence-corrected chi connectivity index (χ0v) is 7.88. The van der Waals surface area contributed by atoms with Crippen LogP contribution in [0.1, 0.15) is 5.56 Å². The molecule has 3 N–H and O–H groups in total. The van der Waals surface area contributed by atoms with Crippen molar-refractivity contribution in [3.63, 3.8) is 0 Å². The Kier molecular flexibility index (Phi) is 3.50. The van der Waals surface area contributed by atoms with Crippen LogP contribution in [0.3, 0.4) is 0 Å². The van der Waals surface area contributed by atoms with Gasteiger partial charge in [0.1, 0.15) is 5.84 Å². The molecule has 0 spiro atoms. The fourth-order valence-corrected chi connectivity index (χ4v) is 1.01. The summed E-state index contributed by atoms with van der Waals surface area (Å²) >= 11 is 0. The van der Waals surface area contributed by atoms with Crippen molar-refractivity contribution in [2.45, 2.75) is 0 Å². The van der Waals surface area contributed by atoms with Crippen LogP contribution in [-0.2, 0) is 0 Å². The smallest absolute Gasteiger partial charge is 0.278 e. The Labute approximate surface area is 86.1 Å². The van der Waals surface area contributed by atoms with Gasteiger partial charge in [-0.05, 0) is 6.07 Å². The molecule has 0 heterocycles. The lowest BCUT2D eigenvalue weighted by atomic mass is 10.2. The first kappa shape index (κ1) is 10.8. The van der Waals surface area contributed by atoms with Crippen molar-refractivity contribution in [3.05, 3.63) is 39.9 Å². The van der Waals surface area contributed by atoms with E-state index < -0.39 is 4.92 Å². The van der Waals surface area contributed by atoms with E-state index in [4.69, 9.17) is 11.1 Å². The van der Waals surface area contributed by atoms with Gasteiger partial charge in [0.05, 0.1) is 17.0 Å². The summed E-state index contributed by atoms with van der Waals surface area (Å²) in [6.45, 7) is 0.0477. The molecule has 78 valence electrons. The number of aliphatic imine (C=N–C) groups is 1. The normalized spacial score (nSPS) is 10.4. The van der Waals surface area contributed by atoms with E-state index >= 15 is 0 Å². The highest BCUT2D eigenvalue weighted by molar-refractivity contribution is 5.87. The molecule has 1 aromatic carbocycles. The molecule has 1 aromatic rings. The average Bonchev–Trinajstić information content (AvgIpc) is 2.17. The van der Waals surface area contributed by atoms with E-state index in [1.54, 1.807) is 18.2 Å². The van der Waals surface area contributed by atoms with E-state index in [0.29, 0.717) is 5.56 Å². The molecular weight excluding hydrogens is 196 g/mol. The van der Waals surface area contributed by atoms with Crippen molar-refractivity contribution < 1.29 is 4.92 Å². The summed E-state index contributed by atoms with van der Waals surface area (Å²) in [5.41, 5.74) is 5.49. The first-order valence-corrected chi connectivity index (χ1v) is 4.17. The average molecular weight is 206 g/mol. The summed E-state index contributed by atoms with van der Waals surface area (Å²) in [5, 5.41) is 17.5. The molecule has 6 heteroatoms. The highest BCUT2D eigenvalue weighted by atomic mass is 16.6. The molecule has 0 radical (unpaired) electrons. The van der Waals surface area contributed by atoms with Crippen LogP contribution in [0.15, 0.2) is 29.3 Å². The van der Waals surface area contributed by atoms with Crippen LogP contribution in [0.5, 0.6) is 0 Å². The maximum atomic E-state index is 10.6. The molecule has 0 aliphatic heterocycles. The van der Waals surface area contributed by atoms with Crippen molar-refractivity contribution in [2.75, 3.05) is 6.54 Å². The highest BCUT2D eigenvalue weighted by Gasteiger charge is 2.09. The summed E-state index contributed by atoms with van der Waals surface area (Å²) in [6.07, 6.45) is 1.35. The van der Waals surface area contributed by atoms with E-state index in [9.17, 15) is 10.1 Å². The molecule has 0 fully saturated rings. The van der Waals surface area contributed by atoms with Crippen LogP contribution < -0.4 is 5.73 Å². The standard InChI is InChI=1S/C9H10N4O2/c10-9(11)6-12-5-7-3-1-2-4-8(7)13(14)15/h1-5H,6H2,(H3,10,11). The van der Waals surface area contributed by atoms with Gasteiger partial charge in [0.25, 0.3) is 5.69 Å². The molecule has 0 saturated carbocycles. The minimum absolute atomic E-state index is 0.00944. The highest BCUT2D eigenvalue weighted by Crippen LogP contribution is 2.14. The van der Waals surface area contributed by atoms with Crippen LogP contribution in [-0.4, -0.2) is 23.5 Å². The Hall–Kier alpha value is -2.24. The molecule has 15 heavy (non-hydrogen) atoms. The number of nitrogens with zero attached hydrogens (tertiary/aromatic N) is 2. The third kappa shape index (κ3) is 3.18. The third-order valence-electron chi connectivity index (χ3n) is 1.63. The van der Waals surface area contributed by atoms with Gasteiger partial charge in [0.2, 0.25) is 0 Å². The van der Waals surface area contributed by atoms with Crippen molar-refractivity contribution in [2.24, 2.45) is 10.7 Å².